The predicted octanol–water partition coefficient (Wildman–Crippen LogP) is 4.76. The molecular weight excluding hydrogens is 314 g/mol. The lowest BCUT2D eigenvalue weighted by atomic mass is 10.2. The fourth-order valence-electron chi connectivity index (χ4n) is 2.62. The molecule has 0 aliphatic carbocycles. The first-order chi connectivity index (χ1) is 10.8. The van der Waals surface area contributed by atoms with Gasteiger partial charge >= 0.3 is 0 Å². The molecular formula is C16H11N3OS2. The van der Waals surface area contributed by atoms with Crippen LogP contribution in [0.3, 0.4) is 0 Å². The highest BCUT2D eigenvalue weighted by molar-refractivity contribution is 7.18. The number of imidazole rings is 1. The Kier molecular flexibility index (Phi) is 3.10. The van der Waals surface area contributed by atoms with Gasteiger partial charge in [0.1, 0.15) is 5.69 Å². The van der Waals surface area contributed by atoms with E-state index < -0.39 is 0 Å². The summed E-state index contributed by atoms with van der Waals surface area (Å²) in [6.07, 6.45) is 1.93. The van der Waals surface area contributed by atoms with E-state index >= 15 is 0 Å². The van der Waals surface area contributed by atoms with Gasteiger partial charge in [-0.25, -0.2) is 4.98 Å². The van der Waals surface area contributed by atoms with Gasteiger partial charge in [0.05, 0.1) is 35.0 Å². The lowest BCUT2D eigenvalue weighted by molar-refractivity contribution is 0.580. The first-order valence-electron chi connectivity index (χ1n) is 6.75. The predicted molar refractivity (Wildman–Crippen MR) is 88.1 cm³/mol. The van der Waals surface area contributed by atoms with Gasteiger partial charge in [-0.2, -0.15) is 5.26 Å². The zero-order valence-corrected chi connectivity index (χ0v) is 13.4. The summed E-state index contributed by atoms with van der Waals surface area (Å²) in [5.74, 6) is 0.705. The molecule has 0 unspecified atom stereocenters. The molecule has 0 aromatic carbocycles. The van der Waals surface area contributed by atoms with Crippen LogP contribution in [-0.2, 0) is 6.42 Å². The topological polar surface area (TPSA) is 54.2 Å². The van der Waals surface area contributed by atoms with E-state index in [-0.39, 0.29) is 0 Å². The molecule has 4 heterocycles. The Morgan fingerprint density at radius 3 is 2.95 bits per heavy atom. The number of rotatable bonds is 3. The molecule has 0 saturated heterocycles. The summed E-state index contributed by atoms with van der Waals surface area (Å²) in [5, 5.41) is 11.3. The highest BCUT2D eigenvalue weighted by atomic mass is 32.1. The number of thiazole rings is 1. The zero-order valence-electron chi connectivity index (χ0n) is 11.7. The van der Waals surface area contributed by atoms with E-state index in [1.165, 1.54) is 9.75 Å². The molecule has 0 amide bonds. The summed E-state index contributed by atoms with van der Waals surface area (Å²) in [6, 6.07) is 10.1. The second-order valence-corrected chi connectivity index (χ2v) is 6.95. The maximum absolute atomic E-state index is 9.23. The highest BCUT2D eigenvalue weighted by Gasteiger charge is 2.22. The molecule has 0 spiro atoms. The molecule has 6 heteroatoms. The van der Waals surface area contributed by atoms with Gasteiger partial charge in [0.2, 0.25) is 0 Å². The lowest BCUT2D eigenvalue weighted by Crippen LogP contribution is -1.94. The SMILES string of the molecule is Cc1sc2nc(-c3ccco3)c(CC#N)n2c1-c1cccs1. The van der Waals surface area contributed by atoms with E-state index in [1.54, 1.807) is 28.9 Å². The third-order valence-electron chi connectivity index (χ3n) is 3.50. The summed E-state index contributed by atoms with van der Waals surface area (Å²) in [6.45, 7) is 2.09. The van der Waals surface area contributed by atoms with E-state index in [1.807, 2.05) is 18.2 Å². The number of nitrogens with zero attached hydrogens (tertiary/aromatic N) is 3. The average molecular weight is 325 g/mol. The number of aryl methyl sites for hydroxylation is 1. The van der Waals surface area contributed by atoms with Crippen molar-refractivity contribution in [1.29, 1.82) is 5.26 Å². The molecule has 0 atom stereocenters. The van der Waals surface area contributed by atoms with Crippen LogP contribution >= 0.6 is 22.7 Å². The van der Waals surface area contributed by atoms with Crippen molar-refractivity contribution < 1.29 is 4.42 Å². The molecule has 4 nitrogen and oxygen atoms in total. The van der Waals surface area contributed by atoms with Crippen molar-refractivity contribution in [1.82, 2.24) is 9.38 Å². The van der Waals surface area contributed by atoms with Crippen LogP contribution in [0.15, 0.2) is 40.3 Å². The van der Waals surface area contributed by atoms with Crippen LogP contribution < -0.4 is 0 Å². The highest BCUT2D eigenvalue weighted by Crippen LogP contribution is 2.38. The molecule has 22 heavy (non-hydrogen) atoms. The quantitative estimate of drug-likeness (QED) is 0.546. The van der Waals surface area contributed by atoms with Crippen molar-refractivity contribution in [3.63, 3.8) is 0 Å². The van der Waals surface area contributed by atoms with E-state index in [4.69, 9.17) is 9.40 Å². The third kappa shape index (κ3) is 1.90. The molecule has 0 fully saturated rings. The molecule has 0 bridgehead atoms. The Labute approximate surface area is 134 Å². The van der Waals surface area contributed by atoms with E-state index in [2.05, 4.69) is 28.8 Å². The molecule has 4 aromatic rings. The van der Waals surface area contributed by atoms with Crippen molar-refractivity contribution >= 4 is 27.6 Å². The number of aromatic nitrogens is 2. The first kappa shape index (κ1) is 13.3. The maximum atomic E-state index is 9.23. The first-order valence-corrected chi connectivity index (χ1v) is 8.44. The molecule has 0 N–H and O–H groups in total. The number of hydrogen-bond acceptors (Lipinski definition) is 5. The minimum atomic E-state index is 0.297. The molecule has 0 aliphatic heterocycles. The largest absolute Gasteiger partial charge is 0.463 e. The minimum absolute atomic E-state index is 0.297. The van der Waals surface area contributed by atoms with Crippen LogP contribution in [0.25, 0.3) is 27.0 Å². The fraction of sp³-hybridized carbons (Fsp3) is 0.125. The molecule has 0 radical (unpaired) electrons. The zero-order chi connectivity index (χ0) is 15.1. The van der Waals surface area contributed by atoms with Gasteiger partial charge in [-0.05, 0) is 30.5 Å². The van der Waals surface area contributed by atoms with Crippen LogP contribution in [-0.4, -0.2) is 9.38 Å². The van der Waals surface area contributed by atoms with Crippen molar-refractivity contribution in [2.45, 2.75) is 13.3 Å². The summed E-state index contributed by atoms with van der Waals surface area (Å²) < 4.78 is 7.59. The van der Waals surface area contributed by atoms with E-state index in [9.17, 15) is 5.26 Å². The van der Waals surface area contributed by atoms with Crippen molar-refractivity contribution in [3.05, 3.63) is 46.5 Å². The Bertz CT molecular complexity index is 969. The Balaban J connectivity index is 2.06. The average Bonchev–Trinajstić information content (AvgIpc) is 3.23. The summed E-state index contributed by atoms with van der Waals surface area (Å²) in [4.78, 5) is 8.00. The van der Waals surface area contributed by atoms with Gasteiger partial charge in [-0.15, -0.1) is 22.7 Å². The van der Waals surface area contributed by atoms with E-state index in [0.717, 1.165) is 22.0 Å². The van der Waals surface area contributed by atoms with Gasteiger partial charge < -0.3 is 4.42 Å². The monoisotopic (exact) mass is 325 g/mol. The Hall–Kier alpha value is -2.36. The van der Waals surface area contributed by atoms with E-state index in [0.29, 0.717) is 12.2 Å². The van der Waals surface area contributed by atoms with Crippen LogP contribution in [0.1, 0.15) is 10.6 Å². The summed E-state index contributed by atoms with van der Waals surface area (Å²) >= 11 is 3.34. The van der Waals surface area contributed by atoms with Crippen molar-refractivity contribution in [2.24, 2.45) is 0 Å². The number of furan rings is 1. The van der Waals surface area contributed by atoms with Crippen LogP contribution in [0.5, 0.6) is 0 Å². The number of nitriles is 1. The Morgan fingerprint density at radius 2 is 2.27 bits per heavy atom. The van der Waals surface area contributed by atoms with Gasteiger partial charge in [0.15, 0.2) is 10.7 Å². The number of fused-ring (bicyclic) bond motifs is 1. The normalized spacial score (nSPS) is 11.1. The molecule has 108 valence electrons. The van der Waals surface area contributed by atoms with Gasteiger partial charge in [-0.1, -0.05) is 6.07 Å². The molecule has 0 saturated carbocycles. The van der Waals surface area contributed by atoms with Gasteiger partial charge in [0, 0.05) is 4.88 Å². The Morgan fingerprint density at radius 1 is 1.36 bits per heavy atom. The number of hydrogen-bond donors (Lipinski definition) is 0. The van der Waals surface area contributed by atoms with Gasteiger partial charge in [-0.3, -0.25) is 4.40 Å². The fourth-order valence-corrected chi connectivity index (χ4v) is 4.50. The second kappa shape index (κ2) is 5.13. The molecule has 4 rings (SSSR count). The van der Waals surface area contributed by atoms with Gasteiger partial charge in [0.25, 0.3) is 0 Å². The van der Waals surface area contributed by atoms with Crippen LogP contribution in [0.4, 0.5) is 0 Å². The third-order valence-corrected chi connectivity index (χ3v) is 5.33. The minimum Gasteiger partial charge on any atom is -0.463 e. The molecule has 4 aromatic heterocycles. The summed E-state index contributed by atoms with van der Waals surface area (Å²) in [7, 11) is 0. The summed E-state index contributed by atoms with van der Waals surface area (Å²) in [5.41, 5.74) is 2.78. The smallest absolute Gasteiger partial charge is 0.195 e. The van der Waals surface area contributed by atoms with Crippen molar-refractivity contribution in [3.8, 4) is 28.1 Å². The lowest BCUT2D eigenvalue weighted by Gasteiger charge is -2.03. The number of thiophene rings is 1. The standard InChI is InChI=1S/C16H11N3OS2/c1-10-15(13-5-3-9-21-13)19-11(6-7-17)14(18-16(19)22-10)12-4-2-8-20-12/h2-5,8-9H,6H2,1H3. The maximum Gasteiger partial charge on any atom is 0.195 e. The van der Waals surface area contributed by atoms with Crippen LogP contribution in [0.2, 0.25) is 0 Å². The van der Waals surface area contributed by atoms with Crippen LogP contribution in [0, 0.1) is 18.3 Å². The second-order valence-electron chi connectivity index (χ2n) is 4.82. The van der Waals surface area contributed by atoms with Crippen molar-refractivity contribution in [2.75, 3.05) is 0 Å². The molecule has 0 aliphatic rings.